The van der Waals surface area contributed by atoms with Gasteiger partial charge in [-0.3, -0.25) is 4.79 Å². The highest BCUT2D eigenvalue weighted by Crippen LogP contribution is 2.46. The van der Waals surface area contributed by atoms with Crippen LogP contribution in [0, 0.1) is 5.92 Å². The number of likely N-dealkylation sites (tertiary alicyclic amines) is 1. The van der Waals surface area contributed by atoms with Gasteiger partial charge in [0.1, 0.15) is 5.41 Å². The third kappa shape index (κ3) is 2.36. The second kappa shape index (κ2) is 6.17. The number of carbonyl (C=O) groups excluding carboxylic acids is 1. The standard InChI is InChI=1S/C20H23NO2/c1-15(2)21-13-18(14-22)20(19(21)23,16-9-5-3-6-10-16)17-11-7-4-8-12-17/h3-12,15,18,22H,13-14H2,1-2H3. The Morgan fingerprint density at radius 2 is 1.52 bits per heavy atom. The van der Waals surface area contributed by atoms with Crippen molar-refractivity contribution in [3.05, 3.63) is 71.8 Å². The summed E-state index contributed by atoms with van der Waals surface area (Å²) in [5.41, 5.74) is 1.11. The molecule has 2 aromatic carbocycles. The molecular formula is C20H23NO2. The van der Waals surface area contributed by atoms with E-state index in [1.807, 2.05) is 79.4 Å². The third-order valence-electron chi connectivity index (χ3n) is 4.93. The summed E-state index contributed by atoms with van der Waals surface area (Å²) >= 11 is 0. The Morgan fingerprint density at radius 1 is 1.04 bits per heavy atom. The Hall–Kier alpha value is -2.13. The average Bonchev–Trinajstić information content (AvgIpc) is 2.90. The Labute approximate surface area is 137 Å². The highest BCUT2D eigenvalue weighted by molar-refractivity contribution is 5.95. The highest BCUT2D eigenvalue weighted by atomic mass is 16.3. The maximum absolute atomic E-state index is 13.5. The van der Waals surface area contributed by atoms with Crippen LogP contribution in [0.15, 0.2) is 60.7 Å². The van der Waals surface area contributed by atoms with Gasteiger partial charge in [-0.2, -0.15) is 0 Å². The van der Waals surface area contributed by atoms with Gasteiger partial charge in [0.2, 0.25) is 5.91 Å². The van der Waals surface area contributed by atoms with Crippen molar-refractivity contribution in [2.45, 2.75) is 25.3 Å². The van der Waals surface area contributed by atoms with Crippen LogP contribution in [0.4, 0.5) is 0 Å². The minimum atomic E-state index is -0.804. The smallest absolute Gasteiger partial charge is 0.238 e. The molecule has 3 heteroatoms. The number of hydrogen-bond donors (Lipinski definition) is 1. The molecule has 1 aliphatic heterocycles. The van der Waals surface area contributed by atoms with E-state index in [9.17, 15) is 9.90 Å². The first-order valence-electron chi connectivity index (χ1n) is 8.15. The topological polar surface area (TPSA) is 40.5 Å². The molecular weight excluding hydrogens is 286 g/mol. The van der Waals surface area contributed by atoms with Crippen LogP contribution >= 0.6 is 0 Å². The third-order valence-corrected chi connectivity index (χ3v) is 4.93. The molecule has 120 valence electrons. The molecule has 1 atom stereocenters. The van der Waals surface area contributed by atoms with E-state index in [1.165, 1.54) is 0 Å². The van der Waals surface area contributed by atoms with Crippen molar-refractivity contribution >= 4 is 5.91 Å². The number of aliphatic hydroxyl groups is 1. The first kappa shape index (κ1) is 15.8. The summed E-state index contributed by atoms with van der Waals surface area (Å²) in [4.78, 5) is 15.3. The van der Waals surface area contributed by atoms with E-state index < -0.39 is 5.41 Å². The molecule has 1 fully saturated rings. The van der Waals surface area contributed by atoms with Crippen LogP contribution in [0.2, 0.25) is 0 Å². The van der Waals surface area contributed by atoms with Gasteiger partial charge in [0, 0.05) is 25.1 Å². The molecule has 2 aromatic rings. The SMILES string of the molecule is CC(C)N1CC(CO)C(c2ccccc2)(c2ccccc2)C1=O. The lowest BCUT2D eigenvalue weighted by atomic mass is 9.67. The molecule has 1 unspecified atom stereocenters. The summed E-state index contributed by atoms with van der Waals surface area (Å²) in [5.74, 6) is -0.0637. The van der Waals surface area contributed by atoms with Gasteiger partial charge in [-0.1, -0.05) is 60.7 Å². The Morgan fingerprint density at radius 3 is 1.91 bits per heavy atom. The Balaban J connectivity index is 2.26. The van der Waals surface area contributed by atoms with Crippen molar-refractivity contribution in [2.75, 3.05) is 13.2 Å². The van der Waals surface area contributed by atoms with Gasteiger partial charge < -0.3 is 10.0 Å². The van der Waals surface area contributed by atoms with Crippen LogP contribution in [-0.2, 0) is 10.2 Å². The van der Waals surface area contributed by atoms with Gasteiger partial charge >= 0.3 is 0 Å². The zero-order chi connectivity index (χ0) is 16.4. The van der Waals surface area contributed by atoms with E-state index in [2.05, 4.69) is 0 Å². The molecule has 0 spiro atoms. The monoisotopic (exact) mass is 309 g/mol. The van der Waals surface area contributed by atoms with E-state index >= 15 is 0 Å². The van der Waals surface area contributed by atoms with Crippen LogP contribution in [0.5, 0.6) is 0 Å². The molecule has 23 heavy (non-hydrogen) atoms. The van der Waals surface area contributed by atoms with Gasteiger partial charge in [0.05, 0.1) is 0 Å². The van der Waals surface area contributed by atoms with Gasteiger partial charge in [0.15, 0.2) is 0 Å². The zero-order valence-electron chi connectivity index (χ0n) is 13.6. The van der Waals surface area contributed by atoms with E-state index in [1.54, 1.807) is 0 Å². The summed E-state index contributed by atoms with van der Waals surface area (Å²) in [5, 5.41) is 10.1. The highest BCUT2D eigenvalue weighted by Gasteiger charge is 2.56. The number of rotatable bonds is 4. The lowest BCUT2D eigenvalue weighted by Gasteiger charge is -2.33. The molecule has 0 saturated carbocycles. The van der Waals surface area contributed by atoms with Crippen LogP contribution in [0.1, 0.15) is 25.0 Å². The van der Waals surface area contributed by atoms with E-state index in [-0.39, 0.29) is 24.5 Å². The normalized spacial score (nSPS) is 20.3. The molecule has 1 heterocycles. The lowest BCUT2D eigenvalue weighted by molar-refractivity contribution is -0.133. The lowest BCUT2D eigenvalue weighted by Crippen LogP contribution is -2.44. The van der Waals surface area contributed by atoms with Crippen LogP contribution in [0.25, 0.3) is 0 Å². The Bertz CT molecular complexity index is 627. The summed E-state index contributed by atoms with van der Waals surface area (Å²) in [7, 11) is 0. The predicted octanol–water partition coefficient (Wildman–Crippen LogP) is 2.83. The molecule has 1 amide bonds. The molecule has 3 nitrogen and oxygen atoms in total. The van der Waals surface area contributed by atoms with Gasteiger partial charge in [-0.15, -0.1) is 0 Å². The number of carbonyl (C=O) groups is 1. The van der Waals surface area contributed by atoms with Crippen molar-refractivity contribution in [3.8, 4) is 0 Å². The number of amides is 1. The summed E-state index contributed by atoms with van der Waals surface area (Å²) in [6.07, 6.45) is 0. The second-order valence-electron chi connectivity index (χ2n) is 6.47. The maximum Gasteiger partial charge on any atom is 0.238 e. The fourth-order valence-corrected chi connectivity index (χ4v) is 3.79. The van der Waals surface area contributed by atoms with Crippen LogP contribution < -0.4 is 0 Å². The van der Waals surface area contributed by atoms with Gasteiger partial charge in [-0.05, 0) is 25.0 Å². The fraction of sp³-hybridized carbons (Fsp3) is 0.350. The van der Waals surface area contributed by atoms with E-state index in [0.717, 1.165) is 11.1 Å². The zero-order valence-corrected chi connectivity index (χ0v) is 13.6. The molecule has 1 saturated heterocycles. The van der Waals surface area contributed by atoms with Crippen LogP contribution in [-0.4, -0.2) is 35.1 Å². The van der Waals surface area contributed by atoms with Crippen molar-refractivity contribution in [2.24, 2.45) is 5.92 Å². The number of hydrogen-bond acceptors (Lipinski definition) is 2. The molecule has 0 bridgehead atoms. The number of benzene rings is 2. The summed E-state index contributed by atoms with van der Waals surface area (Å²) < 4.78 is 0. The minimum Gasteiger partial charge on any atom is -0.396 e. The minimum absolute atomic E-state index is 0.0151. The van der Waals surface area contributed by atoms with Crippen molar-refractivity contribution in [1.82, 2.24) is 4.90 Å². The first-order valence-corrected chi connectivity index (χ1v) is 8.15. The molecule has 0 aliphatic carbocycles. The largest absolute Gasteiger partial charge is 0.396 e. The molecule has 0 aromatic heterocycles. The molecule has 3 rings (SSSR count). The van der Waals surface area contributed by atoms with Crippen molar-refractivity contribution in [1.29, 1.82) is 0 Å². The fourth-order valence-electron chi connectivity index (χ4n) is 3.79. The maximum atomic E-state index is 13.5. The quantitative estimate of drug-likeness (QED) is 0.943. The average molecular weight is 309 g/mol. The predicted molar refractivity (Wildman–Crippen MR) is 91.1 cm³/mol. The van der Waals surface area contributed by atoms with E-state index in [4.69, 9.17) is 0 Å². The molecule has 1 aliphatic rings. The number of nitrogens with zero attached hydrogens (tertiary/aromatic N) is 1. The van der Waals surface area contributed by atoms with E-state index in [0.29, 0.717) is 6.54 Å². The molecule has 0 radical (unpaired) electrons. The van der Waals surface area contributed by atoms with Crippen molar-refractivity contribution < 1.29 is 9.90 Å². The number of aliphatic hydroxyl groups excluding tert-OH is 1. The van der Waals surface area contributed by atoms with Gasteiger partial charge in [-0.25, -0.2) is 0 Å². The summed E-state index contributed by atoms with van der Waals surface area (Å²) in [6, 6.07) is 19.8. The van der Waals surface area contributed by atoms with Crippen LogP contribution in [0.3, 0.4) is 0 Å². The van der Waals surface area contributed by atoms with Crippen molar-refractivity contribution in [3.63, 3.8) is 0 Å². The molecule has 1 N–H and O–H groups in total. The summed E-state index contributed by atoms with van der Waals surface area (Å²) in [6.45, 7) is 4.62. The first-order chi connectivity index (χ1) is 11.1. The Kier molecular flexibility index (Phi) is 4.22. The second-order valence-corrected chi connectivity index (χ2v) is 6.47. The van der Waals surface area contributed by atoms with Gasteiger partial charge in [0.25, 0.3) is 0 Å².